The Morgan fingerprint density at radius 2 is 1.79 bits per heavy atom. The van der Waals surface area contributed by atoms with E-state index in [1.165, 1.54) is 25.1 Å². The number of hydrogen-bond donors (Lipinski definition) is 2. The number of nitrogens with zero attached hydrogens (tertiary/aromatic N) is 1. The second-order valence-electron chi connectivity index (χ2n) is 5.98. The van der Waals surface area contributed by atoms with Crippen LogP contribution in [0.15, 0.2) is 54.6 Å². The molecular formula is C20H16FN3O4. The van der Waals surface area contributed by atoms with Crippen LogP contribution in [-0.2, 0) is 9.53 Å². The lowest BCUT2D eigenvalue weighted by atomic mass is 10.0. The molecule has 3 N–H and O–H groups in total. The van der Waals surface area contributed by atoms with Gasteiger partial charge in [-0.1, -0.05) is 18.2 Å². The van der Waals surface area contributed by atoms with Crippen molar-refractivity contribution < 1.29 is 23.5 Å². The molecule has 0 saturated heterocycles. The number of ether oxygens (including phenoxy) is 1. The van der Waals surface area contributed by atoms with E-state index in [0.29, 0.717) is 22.2 Å². The van der Waals surface area contributed by atoms with E-state index >= 15 is 0 Å². The SMILES string of the molecule is C[C@@H](OC(=O)c1cc(-c2ccc(F)cc2)nc2ccccc12)C(=O)NC(N)=O. The highest BCUT2D eigenvalue weighted by molar-refractivity contribution is 6.05. The maximum Gasteiger partial charge on any atom is 0.339 e. The van der Waals surface area contributed by atoms with Crippen LogP contribution in [0.4, 0.5) is 9.18 Å². The Morgan fingerprint density at radius 3 is 2.46 bits per heavy atom. The predicted octanol–water partition coefficient (Wildman–Crippen LogP) is 2.78. The minimum absolute atomic E-state index is 0.184. The minimum atomic E-state index is -1.24. The van der Waals surface area contributed by atoms with Crippen LogP contribution < -0.4 is 11.1 Å². The van der Waals surface area contributed by atoms with Crippen LogP contribution in [0.3, 0.4) is 0 Å². The van der Waals surface area contributed by atoms with E-state index < -0.39 is 29.8 Å². The van der Waals surface area contributed by atoms with Crippen molar-refractivity contribution in [2.45, 2.75) is 13.0 Å². The molecule has 3 amide bonds. The molecule has 1 atom stereocenters. The molecule has 0 aliphatic heterocycles. The molecule has 2 aromatic carbocycles. The van der Waals surface area contributed by atoms with Gasteiger partial charge in [-0.2, -0.15) is 0 Å². The van der Waals surface area contributed by atoms with Crippen LogP contribution in [0.1, 0.15) is 17.3 Å². The molecule has 28 heavy (non-hydrogen) atoms. The third-order valence-electron chi connectivity index (χ3n) is 3.98. The van der Waals surface area contributed by atoms with Crippen molar-refractivity contribution in [1.29, 1.82) is 0 Å². The van der Waals surface area contributed by atoms with Crippen LogP contribution in [0, 0.1) is 5.82 Å². The van der Waals surface area contributed by atoms with Gasteiger partial charge in [-0.05, 0) is 43.3 Å². The number of esters is 1. The first kappa shape index (κ1) is 19.0. The topological polar surface area (TPSA) is 111 Å². The van der Waals surface area contributed by atoms with Gasteiger partial charge >= 0.3 is 12.0 Å². The molecule has 0 bridgehead atoms. The van der Waals surface area contributed by atoms with Crippen molar-refractivity contribution in [3.05, 3.63) is 66.0 Å². The number of nitrogens with two attached hydrogens (primary N) is 1. The largest absolute Gasteiger partial charge is 0.449 e. The van der Waals surface area contributed by atoms with Gasteiger partial charge in [0.15, 0.2) is 6.10 Å². The van der Waals surface area contributed by atoms with Crippen molar-refractivity contribution in [3.63, 3.8) is 0 Å². The monoisotopic (exact) mass is 381 g/mol. The minimum Gasteiger partial charge on any atom is -0.449 e. The second-order valence-corrected chi connectivity index (χ2v) is 5.98. The Hall–Kier alpha value is -3.81. The van der Waals surface area contributed by atoms with Gasteiger partial charge in [-0.15, -0.1) is 0 Å². The number of urea groups is 1. The fourth-order valence-electron chi connectivity index (χ4n) is 2.61. The van der Waals surface area contributed by atoms with Gasteiger partial charge in [0.05, 0.1) is 16.8 Å². The number of aromatic nitrogens is 1. The number of amides is 3. The Morgan fingerprint density at radius 1 is 1.11 bits per heavy atom. The molecule has 0 fully saturated rings. The molecule has 0 radical (unpaired) electrons. The summed E-state index contributed by atoms with van der Waals surface area (Å²) in [5.74, 6) is -1.99. The highest BCUT2D eigenvalue weighted by Gasteiger charge is 2.22. The fourth-order valence-corrected chi connectivity index (χ4v) is 2.61. The molecule has 1 heterocycles. The number of halogens is 1. The third kappa shape index (κ3) is 4.12. The van der Waals surface area contributed by atoms with Crippen molar-refractivity contribution in [1.82, 2.24) is 10.3 Å². The molecule has 3 aromatic rings. The summed E-state index contributed by atoms with van der Waals surface area (Å²) in [6.07, 6.45) is -1.24. The third-order valence-corrected chi connectivity index (χ3v) is 3.98. The van der Waals surface area contributed by atoms with Gasteiger partial charge in [0.25, 0.3) is 5.91 Å². The van der Waals surface area contributed by atoms with Gasteiger partial charge in [0.1, 0.15) is 5.82 Å². The zero-order valence-corrected chi connectivity index (χ0v) is 14.8. The van der Waals surface area contributed by atoms with Gasteiger partial charge in [-0.25, -0.2) is 19.0 Å². The van der Waals surface area contributed by atoms with E-state index in [0.717, 1.165) is 0 Å². The number of carbonyl (C=O) groups is 3. The van der Waals surface area contributed by atoms with Crippen LogP contribution in [0.5, 0.6) is 0 Å². The number of imide groups is 1. The number of para-hydroxylation sites is 1. The molecule has 8 heteroatoms. The van der Waals surface area contributed by atoms with Crippen LogP contribution in [0.25, 0.3) is 22.2 Å². The average Bonchev–Trinajstić information content (AvgIpc) is 2.67. The molecule has 1 aromatic heterocycles. The normalized spacial score (nSPS) is 11.6. The quantitative estimate of drug-likeness (QED) is 0.675. The summed E-state index contributed by atoms with van der Waals surface area (Å²) in [5, 5.41) is 2.38. The maximum atomic E-state index is 13.2. The zero-order valence-electron chi connectivity index (χ0n) is 14.8. The van der Waals surface area contributed by atoms with E-state index in [1.54, 1.807) is 36.4 Å². The summed E-state index contributed by atoms with van der Waals surface area (Å²) in [6, 6.07) is 13.1. The fraction of sp³-hybridized carbons (Fsp3) is 0.100. The number of pyridine rings is 1. The maximum absolute atomic E-state index is 13.2. The van der Waals surface area contributed by atoms with Crippen LogP contribution in [-0.4, -0.2) is 29.0 Å². The Balaban J connectivity index is 1.99. The van der Waals surface area contributed by atoms with Crippen molar-refractivity contribution >= 4 is 28.8 Å². The Bertz CT molecular complexity index is 1070. The highest BCUT2D eigenvalue weighted by atomic mass is 19.1. The molecule has 0 aliphatic rings. The van der Waals surface area contributed by atoms with Crippen molar-refractivity contribution in [2.24, 2.45) is 5.73 Å². The Kier molecular flexibility index (Phi) is 5.30. The lowest BCUT2D eigenvalue weighted by molar-refractivity contribution is -0.127. The molecule has 142 valence electrons. The molecule has 0 aliphatic carbocycles. The standard InChI is InChI=1S/C20H16FN3O4/c1-11(18(25)24-20(22)27)28-19(26)15-10-17(12-6-8-13(21)9-7-12)23-16-5-3-2-4-14(15)16/h2-11H,1H3,(H3,22,24,25,27)/t11-/m1/s1. The molecule has 3 rings (SSSR count). The van der Waals surface area contributed by atoms with Gasteiger partial charge < -0.3 is 10.5 Å². The van der Waals surface area contributed by atoms with Gasteiger partial charge in [0, 0.05) is 10.9 Å². The average molecular weight is 381 g/mol. The van der Waals surface area contributed by atoms with Crippen molar-refractivity contribution in [2.75, 3.05) is 0 Å². The first-order valence-electron chi connectivity index (χ1n) is 8.32. The number of hydrogen-bond acceptors (Lipinski definition) is 5. The first-order valence-corrected chi connectivity index (χ1v) is 8.32. The van der Waals surface area contributed by atoms with E-state index in [2.05, 4.69) is 4.98 Å². The molecule has 0 saturated carbocycles. The predicted molar refractivity (Wildman–Crippen MR) is 99.7 cm³/mol. The molecule has 0 unspecified atom stereocenters. The van der Waals surface area contributed by atoms with E-state index in [1.807, 2.05) is 5.32 Å². The summed E-state index contributed by atoms with van der Waals surface area (Å²) >= 11 is 0. The number of fused-ring (bicyclic) bond motifs is 1. The summed E-state index contributed by atoms with van der Waals surface area (Å²) in [7, 11) is 0. The summed E-state index contributed by atoms with van der Waals surface area (Å²) in [5.41, 5.74) is 6.67. The lowest BCUT2D eigenvalue weighted by Gasteiger charge is -2.14. The van der Waals surface area contributed by atoms with E-state index in [4.69, 9.17) is 10.5 Å². The first-order chi connectivity index (χ1) is 13.3. The van der Waals surface area contributed by atoms with Gasteiger partial charge in [0.2, 0.25) is 0 Å². The molecule has 0 spiro atoms. The number of carbonyl (C=O) groups excluding carboxylic acids is 3. The van der Waals surface area contributed by atoms with Crippen LogP contribution >= 0.6 is 0 Å². The summed E-state index contributed by atoms with van der Waals surface area (Å²) < 4.78 is 18.4. The van der Waals surface area contributed by atoms with E-state index in [-0.39, 0.29) is 5.56 Å². The Labute approximate surface area is 159 Å². The number of rotatable bonds is 4. The lowest BCUT2D eigenvalue weighted by Crippen LogP contribution is -2.42. The van der Waals surface area contributed by atoms with Gasteiger partial charge in [-0.3, -0.25) is 10.1 Å². The van der Waals surface area contributed by atoms with E-state index in [9.17, 15) is 18.8 Å². The highest BCUT2D eigenvalue weighted by Crippen LogP contribution is 2.26. The summed E-state index contributed by atoms with van der Waals surface area (Å²) in [4.78, 5) is 39.7. The van der Waals surface area contributed by atoms with Crippen LogP contribution in [0.2, 0.25) is 0 Å². The summed E-state index contributed by atoms with van der Waals surface area (Å²) in [6.45, 7) is 1.32. The number of nitrogens with one attached hydrogen (secondary N) is 1. The molecular weight excluding hydrogens is 365 g/mol. The second kappa shape index (κ2) is 7.83. The number of benzene rings is 2. The smallest absolute Gasteiger partial charge is 0.339 e. The zero-order chi connectivity index (χ0) is 20.3. The van der Waals surface area contributed by atoms with Crippen molar-refractivity contribution in [3.8, 4) is 11.3 Å². The molecule has 7 nitrogen and oxygen atoms in total. The number of primary amides is 1.